The minimum atomic E-state index is 0.504. The molecule has 16 heavy (non-hydrogen) atoms. The van der Waals surface area contributed by atoms with Gasteiger partial charge in [0.05, 0.1) is 11.7 Å². The van der Waals surface area contributed by atoms with E-state index in [9.17, 15) is 0 Å². The number of H-pyrrole nitrogens is 2. The van der Waals surface area contributed by atoms with Crippen molar-refractivity contribution in [2.45, 2.75) is 6.54 Å². The van der Waals surface area contributed by atoms with Crippen LogP contribution in [0.3, 0.4) is 0 Å². The van der Waals surface area contributed by atoms with Crippen LogP contribution in [0.25, 0.3) is 22.2 Å². The standard InChI is InChI=1S/C11H11N5/c12-4-7-2-1-3-9-10(7)15-16-11(9)8-5-13-14-6-8/h1-3,5-6H,4,12H2,(H,13,14)(H,15,16). The first-order chi connectivity index (χ1) is 7.90. The van der Waals surface area contributed by atoms with Gasteiger partial charge in [0.15, 0.2) is 0 Å². The van der Waals surface area contributed by atoms with Gasteiger partial charge in [-0.2, -0.15) is 10.2 Å². The van der Waals surface area contributed by atoms with Crippen molar-refractivity contribution >= 4 is 10.9 Å². The molecule has 0 amide bonds. The van der Waals surface area contributed by atoms with E-state index in [0.29, 0.717) is 6.54 Å². The van der Waals surface area contributed by atoms with Crippen LogP contribution >= 0.6 is 0 Å². The van der Waals surface area contributed by atoms with Crippen LogP contribution in [0.15, 0.2) is 30.6 Å². The summed E-state index contributed by atoms with van der Waals surface area (Å²) >= 11 is 0. The van der Waals surface area contributed by atoms with Gasteiger partial charge in [0.1, 0.15) is 5.69 Å². The third kappa shape index (κ3) is 1.22. The summed E-state index contributed by atoms with van der Waals surface area (Å²) in [5.74, 6) is 0. The van der Waals surface area contributed by atoms with E-state index in [1.165, 1.54) is 0 Å². The Morgan fingerprint density at radius 3 is 3.00 bits per heavy atom. The van der Waals surface area contributed by atoms with Crippen LogP contribution in [-0.2, 0) is 6.54 Å². The summed E-state index contributed by atoms with van der Waals surface area (Å²) in [7, 11) is 0. The van der Waals surface area contributed by atoms with Crippen molar-refractivity contribution in [2.75, 3.05) is 0 Å². The number of nitrogens with one attached hydrogen (secondary N) is 2. The zero-order chi connectivity index (χ0) is 11.0. The van der Waals surface area contributed by atoms with E-state index in [0.717, 1.165) is 27.7 Å². The average molecular weight is 213 g/mol. The summed E-state index contributed by atoms with van der Waals surface area (Å²) < 4.78 is 0. The monoisotopic (exact) mass is 213 g/mol. The number of aromatic amines is 2. The number of hydrogen-bond donors (Lipinski definition) is 3. The molecule has 1 aromatic carbocycles. The summed E-state index contributed by atoms with van der Waals surface area (Å²) in [5, 5.41) is 15.1. The topological polar surface area (TPSA) is 83.4 Å². The molecule has 0 bridgehead atoms. The highest BCUT2D eigenvalue weighted by Crippen LogP contribution is 2.26. The number of benzene rings is 1. The van der Waals surface area contributed by atoms with Gasteiger partial charge in [-0.3, -0.25) is 10.2 Å². The lowest BCUT2D eigenvalue weighted by molar-refractivity contribution is 1.06. The quantitative estimate of drug-likeness (QED) is 0.601. The fraction of sp³-hybridized carbons (Fsp3) is 0.0909. The molecule has 0 saturated carbocycles. The van der Waals surface area contributed by atoms with E-state index in [-0.39, 0.29) is 0 Å². The lowest BCUT2D eigenvalue weighted by Crippen LogP contribution is -1.96. The van der Waals surface area contributed by atoms with E-state index in [1.54, 1.807) is 6.20 Å². The molecule has 80 valence electrons. The summed E-state index contributed by atoms with van der Waals surface area (Å²) in [5.41, 5.74) is 9.62. The second-order valence-electron chi connectivity index (χ2n) is 3.60. The summed E-state index contributed by atoms with van der Waals surface area (Å²) in [4.78, 5) is 0. The number of nitrogens with two attached hydrogens (primary N) is 1. The van der Waals surface area contributed by atoms with Crippen LogP contribution in [0.4, 0.5) is 0 Å². The number of rotatable bonds is 2. The van der Waals surface area contributed by atoms with Crippen LogP contribution in [-0.4, -0.2) is 20.4 Å². The van der Waals surface area contributed by atoms with Crippen molar-refractivity contribution in [3.05, 3.63) is 36.2 Å². The van der Waals surface area contributed by atoms with E-state index in [1.807, 2.05) is 24.4 Å². The molecule has 0 radical (unpaired) electrons. The molecule has 3 rings (SSSR count). The van der Waals surface area contributed by atoms with E-state index >= 15 is 0 Å². The smallest absolute Gasteiger partial charge is 0.103 e. The van der Waals surface area contributed by atoms with Gasteiger partial charge in [0.25, 0.3) is 0 Å². The highest BCUT2D eigenvalue weighted by atomic mass is 15.1. The second-order valence-corrected chi connectivity index (χ2v) is 3.60. The average Bonchev–Trinajstić information content (AvgIpc) is 2.96. The van der Waals surface area contributed by atoms with Crippen molar-refractivity contribution in [3.63, 3.8) is 0 Å². The molecule has 0 aliphatic rings. The van der Waals surface area contributed by atoms with Gasteiger partial charge < -0.3 is 5.73 Å². The fourth-order valence-corrected chi connectivity index (χ4v) is 1.87. The Morgan fingerprint density at radius 2 is 2.25 bits per heavy atom. The molecule has 0 atom stereocenters. The van der Waals surface area contributed by atoms with Gasteiger partial charge in [-0.15, -0.1) is 0 Å². The fourth-order valence-electron chi connectivity index (χ4n) is 1.87. The van der Waals surface area contributed by atoms with Crippen LogP contribution < -0.4 is 5.73 Å². The van der Waals surface area contributed by atoms with E-state index in [2.05, 4.69) is 20.4 Å². The van der Waals surface area contributed by atoms with Gasteiger partial charge in [-0.25, -0.2) is 0 Å². The maximum absolute atomic E-state index is 5.68. The van der Waals surface area contributed by atoms with Crippen LogP contribution in [0.2, 0.25) is 0 Å². The molecule has 0 spiro atoms. The lowest BCUT2D eigenvalue weighted by atomic mass is 10.1. The lowest BCUT2D eigenvalue weighted by Gasteiger charge is -1.98. The van der Waals surface area contributed by atoms with Crippen LogP contribution in [0, 0.1) is 0 Å². The molecule has 0 saturated heterocycles. The molecule has 2 aromatic heterocycles. The Hall–Kier alpha value is -2.14. The number of nitrogens with zero attached hydrogens (tertiary/aromatic N) is 2. The summed E-state index contributed by atoms with van der Waals surface area (Å²) in [6.07, 6.45) is 3.58. The number of aromatic nitrogens is 4. The van der Waals surface area contributed by atoms with Gasteiger partial charge in [-0.1, -0.05) is 18.2 Å². The molecule has 3 aromatic rings. The predicted molar refractivity (Wildman–Crippen MR) is 61.6 cm³/mol. The Kier molecular flexibility index (Phi) is 1.97. The minimum Gasteiger partial charge on any atom is -0.326 e. The molecule has 4 N–H and O–H groups in total. The molecule has 0 fully saturated rings. The molecule has 0 aliphatic carbocycles. The van der Waals surface area contributed by atoms with Gasteiger partial charge in [-0.05, 0) is 5.56 Å². The molecule has 0 aliphatic heterocycles. The minimum absolute atomic E-state index is 0.504. The highest BCUT2D eigenvalue weighted by molar-refractivity contribution is 5.94. The Bertz CT molecular complexity index is 608. The number of hydrogen-bond acceptors (Lipinski definition) is 3. The van der Waals surface area contributed by atoms with Crippen LogP contribution in [0.1, 0.15) is 5.56 Å². The Labute approximate surface area is 91.7 Å². The van der Waals surface area contributed by atoms with Gasteiger partial charge >= 0.3 is 0 Å². The summed E-state index contributed by atoms with van der Waals surface area (Å²) in [6, 6.07) is 6.02. The Balaban J connectivity index is 2.29. The van der Waals surface area contributed by atoms with Crippen molar-refractivity contribution in [1.29, 1.82) is 0 Å². The predicted octanol–water partition coefficient (Wildman–Crippen LogP) is 1.41. The third-order valence-electron chi connectivity index (χ3n) is 2.68. The largest absolute Gasteiger partial charge is 0.326 e. The summed E-state index contributed by atoms with van der Waals surface area (Å²) in [6.45, 7) is 0.504. The second kappa shape index (κ2) is 3.46. The molecular formula is C11H11N5. The van der Waals surface area contributed by atoms with Crippen molar-refractivity contribution < 1.29 is 0 Å². The van der Waals surface area contributed by atoms with Crippen molar-refractivity contribution in [3.8, 4) is 11.3 Å². The third-order valence-corrected chi connectivity index (χ3v) is 2.68. The maximum atomic E-state index is 5.68. The maximum Gasteiger partial charge on any atom is 0.103 e. The zero-order valence-corrected chi connectivity index (χ0v) is 8.57. The van der Waals surface area contributed by atoms with Crippen LogP contribution in [0.5, 0.6) is 0 Å². The molecule has 5 heteroatoms. The van der Waals surface area contributed by atoms with E-state index < -0.39 is 0 Å². The van der Waals surface area contributed by atoms with E-state index in [4.69, 9.17) is 5.73 Å². The molecule has 5 nitrogen and oxygen atoms in total. The van der Waals surface area contributed by atoms with Gasteiger partial charge in [0, 0.05) is 23.7 Å². The number of fused-ring (bicyclic) bond motifs is 1. The first kappa shape index (κ1) is 9.11. The van der Waals surface area contributed by atoms with Crippen molar-refractivity contribution in [1.82, 2.24) is 20.4 Å². The SMILES string of the molecule is NCc1cccc2c(-c3cn[nH]c3)n[nH]c12. The Morgan fingerprint density at radius 1 is 1.31 bits per heavy atom. The first-order valence-corrected chi connectivity index (χ1v) is 5.05. The zero-order valence-electron chi connectivity index (χ0n) is 8.57. The molecule has 2 heterocycles. The number of para-hydroxylation sites is 1. The highest BCUT2D eigenvalue weighted by Gasteiger charge is 2.10. The normalized spacial score (nSPS) is 11.1. The first-order valence-electron chi connectivity index (χ1n) is 5.05. The molecular weight excluding hydrogens is 202 g/mol. The van der Waals surface area contributed by atoms with Gasteiger partial charge in [0.2, 0.25) is 0 Å². The van der Waals surface area contributed by atoms with Crippen molar-refractivity contribution in [2.24, 2.45) is 5.73 Å². The molecule has 0 unspecified atom stereocenters.